The Morgan fingerprint density at radius 3 is 2.33 bits per heavy atom. The Morgan fingerprint density at radius 2 is 1.76 bits per heavy atom. The summed E-state index contributed by atoms with van der Waals surface area (Å²) < 4.78 is 0. The van der Waals surface area contributed by atoms with E-state index in [2.05, 4.69) is 54.4 Å². The molecule has 1 saturated heterocycles. The lowest BCUT2D eigenvalue weighted by atomic mass is 9.96. The van der Waals surface area contributed by atoms with Gasteiger partial charge < -0.3 is 11.1 Å². The summed E-state index contributed by atoms with van der Waals surface area (Å²) in [5.74, 6) is 1.21. The molecule has 1 heterocycles. The third kappa shape index (κ3) is 4.80. The minimum absolute atomic E-state index is 0.499. The average molecular weight is 289 g/mol. The van der Waals surface area contributed by atoms with Crippen molar-refractivity contribution < 1.29 is 0 Å². The molecule has 0 spiro atoms. The highest BCUT2D eigenvalue weighted by Gasteiger charge is 2.23. The molecule has 0 amide bonds. The van der Waals surface area contributed by atoms with E-state index in [0.717, 1.165) is 19.6 Å². The molecule has 1 aromatic rings. The highest BCUT2D eigenvalue weighted by molar-refractivity contribution is 5.19. The summed E-state index contributed by atoms with van der Waals surface area (Å²) in [5.41, 5.74) is 7.30. The number of nitrogens with one attached hydrogen (secondary N) is 1. The molecule has 21 heavy (non-hydrogen) atoms. The van der Waals surface area contributed by atoms with Crippen LogP contribution >= 0.6 is 0 Å². The van der Waals surface area contributed by atoms with Crippen molar-refractivity contribution in [2.75, 3.05) is 32.7 Å². The molecule has 0 bridgehead atoms. The molecule has 2 atom stereocenters. The van der Waals surface area contributed by atoms with Gasteiger partial charge in [0.15, 0.2) is 0 Å². The third-order valence-corrected chi connectivity index (χ3v) is 4.76. The van der Waals surface area contributed by atoms with E-state index in [0.29, 0.717) is 17.9 Å². The van der Waals surface area contributed by atoms with Gasteiger partial charge in [-0.15, -0.1) is 0 Å². The van der Waals surface area contributed by atoms with Crippen molar-refractivity contribution in [2.24, 2.45) is 17.6 Å². The van der Waals surface area contributed by atoms with Crippen LogP contribution in [-0.2, 0) is 0 Å². The van der Waals surface area contributed by atoms with Crippen molar-refractivity contribution in [3.05, 3.63) is 35.9 Å². The maximum Gasteiger partial charge on any atom is 0.0472 e. The molecule has 0 aromatic heterocycles. The molecule has 1 aliphatic heterocycles. The van der Waals surface area contributed by atoms with E-state index in [9.17, 15) is 0 Å². The second kappa shape index (κ2) is 8.52. The molecule has 0 aliphatic carbocycles. The van der Waals surface area contributed by atoms with E-state index in [-0.39, 0.29) is 0 Å². The van der Waals surface area contributed by atoms with E-state index >= 15 is 0 Å². The molecule has 0 saturated carbocycles. The molecule has 1 aromatic carbocycles. The van der Waals surface area contributed by atoms with Crippen LogP contribution in [0.5, 0.6) is 0 Å². The van der Waals surface area contributed by atoms with Crippen LogP contribution in [0.15, 0.2) is 30.3 Å². The first-order valence-electron chi connectivity index (χ1n) is 8.42. The largest absolute Gasteiger partial charge is 0.330 e. The van der Waals surface area contributed by atoms with Crippen LogP contribution in [0, 0.1) is 11.8 Å². The van der Waals surface area contributed by atoms with Gasteiger partial charge in [-0.25, -0.2) is 0 Å². The zero-order valence-electron chi connectivity index (χ0n) is 13.6. The van der Waals surface area contributed by atoms with E-state index < -0.39 is 0 Å². The van der Waals surface area contributed by atoms with Gasteiger partial charge in [0.1, 0.15) is 0 Å². The first-order valence-corrected chi connectivity index (χ1v) is 8.42. The van der Waals surface area contributed by atoms with Crippen LogP contribution < -0.4 is 11.1 Å². The van der Waals surface area contributed by atoms with Crippen LogP contribution in [0.25, 0.3) is 0 Å². The number of hydrogen-bond acceptors (Lipinski definition) is 3. The van der Waals surface area contributed by atoms with Gasteiger partial charge in [-0.2, -0.15) is 0 Å². The first kappa shape index (κ1) is 16.5. The molecule has 3 nitrogen and oxygen atoms in total. The van der Waals surface area contributed by atoms with E-state index in [4.69, 9.17) is 5.73 Å². The molecule has 3 N–H and O–H groups in total. The summed E-state index contributed by atoms with van der Waals surface area (Å²) in [6, 6.07) is 11.4. The Bertz CT molecular complexity index is 385. The van der Waals surface area contributed by atoms with Gasteiger partial charge >= 0.3 is 0 Å². The van der Waals surface area contributed by atoms with Gasteiger partial charge in [-0.05, 0) is 56.4 Å². The highest BCUT2D eigenvalue weighted by atomic mass is 15.2. The second-order valence-corrected chi connectivity index (χ2v) is 6.57. The molecule has 3 heteroatoms. The summed E-state index contributed by atoms with van der Waals surface area (Å²) in [7, 11) is 0. The molecule has 1 fully saturated rings. The maximum atomic E-state index is 5.87. The molecule has 0 radical (unpaired) electrons. The van der Waals surface area contributed by atoms with Crippen LogP contribution in [0.3, 0.4) is 0 Å². The first-order chi connectivity index (χ1) is 10.2. The van der Waals surface area contributed by atoms with Gasteiger partial charge in [0.25, 0.3) is 0 Å². The number of hydrogen-bond donors (Lipinski definition) is 2. The van der Waals surface area contributed by atoms with Gasteiger partial charge in [-0.1, -0.05) is 44.2 Å². The number of likely N-dealkylation sites (tertiary alicyclic amines) is 1. The van der Waals surface area contributed by atoms with E-state index in [1.165, 1.54) is 31.5 Å². The van der Waals surface area contributed by atoms with Gasteiger partial charge in [0.05, 0.1) is 0 Å². The lowest BCUT2D eigenvalue weighted by molar-refractivity contribution is 0.232. The predicted octanol–water partition coefficient (Wildman–Crippen LogP) is 2.64. The minimum atomic E-state index is 0.499. The topological polar surface area (TPSA) is 41.3 Å². The number of nitrogens with two attached hydrogens (primary N) is 1. The predicted molar refractivity (Wildman–Crippen MR) is 90.2 cm³/mol. The Labute approximate surface area is 129 Å². The summed E-state index contributed by atoms with van der Waals surface area (Å²) in [5, 5.41) is 3.67. The molecule has 118 valence electrons. The van der Waals surface area contributed by atoms with Crippen LogP contribution in [0.2, 0.25) is 0 Å². The van der Waals surface area contributed by atoms with Crippen molar-refractivity contribution in [1.82, 2.24) is 10.2 Å². The van der Waals surface area contributed by atoms with Crippen LogP contribution in [0.1, 0.15) is 38.3 Å². The van der Waals surface area contributed by atoms with Crippen molar-refractivity contribution in [3.63, 3.8) is 0 Å². The zero-order valence-corrected chi connectivity index (χ0v) is 13.6. The lowest BCUT2D eigenvalue weighted by Gasteiger charge is -2.29. The summed E-state index contributed by atoms with van der Waals surface area (Å²) in [4.78, 5) is 2.62. The standard InChI is InChI=1S/C18H31N3/c1-15(2)17(12-19)13-20-14-18(21-10-6-7-11-21)16-8-4-3-5-9-16/h3-5,8-9,15,17-18,20H,6-7,10-14,19H2,1-2H3. The fourth-order valence-electron chi connectivity index (χ4n) is 3.18. The normalized spacial score (nSPS) is 19.0. The second-order valence-electron chi connectivity index (χ2n) is 6.57. The number of benzene rings is 1. The Morgan fingerprint density at radius 1 is 1.10 bits per heavy atom. The molecular weight excluding hydrogens is 258 g/mol. The van der Waals surface area contributed by atoms with Crippen LogP contribution in [-0.4, -0.2) is 37.6 Å². The average Bonchev–Trinajstić information content (AvgIpc) is 3.02. The molecule has 2 unspecified atom stereocenters. The molecule has 2 rings (SSSR count). The van der Waals surface area contributed by atoms with Gasteiger partial charge in [0.2, 0.25) is 0 Å². The Kier molecular flexibility index (Phi) is 6.68. The maximum absolute atomic E-state index is 5.87. The number of rotatable bonds is 8. The summed E-state index contributed by atoms with van der Waals surface area (Å²) in [6.45, 7) is 9.78. The summed E-state index contributed by atoms with van der Waals surface area (Å²) in [6.07, 6.45) is 2.67. The minimum Gasteiger partial charge on any atom is -0.330 e. The smallest absolute Gasteiger partial charge is 0.0472 e. The van der Waals surface area contributed by atoms with Gasteiger partial charge in [-0.3, -0.25) is 4.90 Å². The Balaban J connectivity index is 1.93. The van der Waals surface area contributed by atoms with Crippen molar-refractivity contribution in [1.29, 1.82) is 0 Å². The molecular formula is C18H31N3. The van der Waals surface area contributed by atoms with E-state index in [1.54, 1.807) is 0 Å². The highest BCUT2D eigenvalue weighted by Crippen LogP contribution is 2.24. The fourth-order valence-corrected chi connectivity index (χ4v) is 3.18. The van der Waals surface area contributed by atoms with Crippen molar-refractivity contribution in [3.8, 4) is 0 Å². The quantitative estimate of drug-likeness (QED) is 0.773. The van der Waals surface area contributed by atoms with Gasteiger partial charge in [0, 0.05) is 12.6 Å². The molecule has 1 aliphatic rings. The van der Waals surface area contributed by atoms with Crippen molar-refractivity contribution >= 4 is 0 Å². The fraction of sp³-hybridized carbons (Fsp3) is 0.667. The lowest BCUT2D eigenvalue weighted by Crippen LogP contribution is -2.38. The third-order valence-electron chi connectivity index (χ3n) is 4.76. The van der Waals surface area contributed by atoms with Crippen molar-refractivity contribution in [2.45, 2.75) is 32.7 Å². The number of nitrogens with zero attached hydrogens (tertiary/aromatic N) is 1. The monoisotopic (exact) mass is 289 g/mol. The SMILES string of the molecule is CC(C)C(CN)CNCC(c1ccccc1)N1CCCC1. The Hall–Kier alpha value is -0.900. The zero-order chi connectivity index (χ0) is 15.1. The summed E-state index contributed by atoms with van der Waals surface area (Å²) >= 11 is 0. The van der Waals surface area contributed by atoms with Crippen LogP contribution in [0.4, 0.5) is 0 Å². The van der Waals surface area contributed by atoms with E-state index in [1.807, 2.05) is 0 Å².